The van der Waals surface area contributed by atoms with Crippen LogP contribution in [0.2, 0.25) is 0 Å². The number of pyridine rings is 1. The smallest absolute Gasteiger partial charge is 0.293 e. The first kappa shape index (κ1) is 47.4. The van der Waals surface area contributed by atoms with E-state index in [1.165, 1.54) is 24.4 Å². The minimum atomic E-state index is -0.853. The molecule has 4 heterocycles. The van der Waals surface area contributed by atoms with E-state index in [1.807, 2.05) is 33.8 Å². The number of aromatic nitrogens is 2. The molecule has 3 N–H and O–H groups in total. The number of rotatable bonds is 18. The van der Waals surface area contributed by atoms with Gasteiger partial charge in [-0.2, -0.15) is 0 Å². The van der Waals surface area contributed by atoms with Crippen molar-refractivity contribution >= 4 is 35.6 Å². The minimum Gasteiger partial charge on any atom is -0.467 e. The summed E-state index contributed by atoms with van der Waals surface area (Å²) in [6.45, 7) is 19.5. The van der Waals surface area contributed by atoms with E-state index in [2.05, 4.69) is 83.9 Å². The molecule has 3 amide bonds. The number of hydrazine groups is 1. The maximum atomic E-state index is 14.1. The van der Waals surface area contributed by atoms with Crippen molar-refractivity contribution in [1.29, 1.82) is 0 Å². The third-order valence-corrected chi connectivity index (χ3v) is 12.8. The van der Waals surface area contributed by atoms with Crippen LogP contribution in [0.4, 0.5) is 0 Å². The molecule has 2 aliphatic heterocycles. The topological polar surface area (TPSA) is 147 Å². The fourth-order valence-electron chi connectivity index (χ4n) is 9.45. The Morgan fingerprint density at radius 1 is 1.05 bits per heavy atom. The van der Waals surface area contributed by atoms with Gasteiger partial charge in [-0.15, -0.1) is 0 Å². The second-order valence-corrected chi connectivity index (χ2v) is 18.8. The SMILES string of the molecule is C1NCC2CC12.CCn1c(-c2cccnc2C(C)OC)c(CC(C)(C)COC=O)c2cc(-c3cc(C)cc(CC(NC(=O)C(C(C)C)N(C)C=O)C(=O)N4CCCCN4)c3)ccc21. The Labute approximate surface area is 373 Å². The van der Waals surface area contributed by atoms with E-state index in [9.17, 15) is 19.2 Å². The van der Waals surface area contributed by atoms with Crippen molar-refractivity contribution in [3.05, 3.63) is 77.1 Å². The summed E-state index contributed by atoms with van der Waals surface area (Å²) in [6, 6.07) is 15.3. The average molecular weight is 864 g/mol. The lowest BCUT2D eigenvalue weighted by atomic mass is 9.84. The molecule has 1 saturated carbocycles. The Bertz CT molecular complexity index is 2220. The predicted octanol–water partition coefficient (Wildman–Crippen LogP) is 6.64. The summed E-state index contributed by atoms with van der Waals surface area (Å²) in [5.41, 5.74) is 11.8. The molecule has 0 spiro atoms. The maximum Gasteiger partial charge on any atom is 0.293 e. The second-order valence-electron chi connectivity index (χ2n) is 18.8. The molecule has 13 nitrogen and oxygen atoms in total. The number of nitrogens with zero attached hydrogens (tertiary/aromatic N) is 4. The van der Waals surface area contributed by atoms with Gasteiger partial charge in [0.1, 0.15) is 12.1 Å². The fourth-order valence-corrected chi connectivity index (χ4v) is 9.45. The molecule has 3 fully saturated rings. The van der Waals surface area contributed by atoms with Crippen molar-refractivity contribution < 1.29 is 28.7 Å². The molecule has 2 saturated heterocycles. The minimum absolute atomic E-state index is 0.159. The predicted molar refractivity (Wildman–Crippen MR) is 247 cm³/mol. The number of ether oxygens (including phenoxy) is 2. The van der Waals surface area contributed by atoms with Crippen LogP contribution in [0.1, 0.15) is 89.3 Å². The van der Waals surface area contributed by atoms with Gasteiger partial charge in [0, 0.05) is 68.3 Å². The zero-order valence-corrected chi connectivity index (χ0v) is 38.8. The summed E-state index contributed by atoms with van der Waals surface area (Å²) in [5, 5.41) is 9.06. The normalized spacial score (nSPS) is 18.5. The lowest BCUT2D eigenvalue weighted by Gasteiger charge is -2.33. The van der Waals surface area contributed by atoms with Crippen molar-refractivity contribution in [1.82, 2.24) is 35.5 Å². The summed E-state index contributed by atoms with van der Waals surface area (Å²) in [4.78, 5) is 56.9. The Morgan fingerprint density at radius 3 is 2.41 bits per heavy atom. The molecule has 2 aromatic carbocycles. The van der Waals surface area contributed by atoms with Gasteiger partial charge in [-0.25, -0.2) is 5.43 Å². The summed E-state index contributed by atoms with van der Waals surface area (Å²) in [7, 11) is 3.27. The van der Waals surface area contributed by atoms with E-state index in [0.29, 0.717) is 38.9 Å². The first-order chi connectivity index (χ1) is 30.2. The number of fused-ring (bicyclic) bond motifs is 2. The molecular formula is C50H69N7O6. The van der Waals surface area contributed by atoms with E-state index in [-0.39, 0.29) is 42.3 Å². The summed E-state index contributed by atoms with van der Waals surface area (Å²) in [5.74, 6) is 1.47. The Balaban J connectivity index is 0.000001000. The number of amides is 3. The number of methoxy groups -OCH3 is 1. The Kier molecular flexibility index (Phi) is 15.8. The van der Waals surface area contributed by atoms with Gasteiger partial charge in [0.05, 0.1) is 24.1 Å². The molecule has 340 valence electrons. The average Bonchev–Trinajstić information content (AvgIpc) is 3.75. The summed E-state index contributed by atoms with van der Waals surface area (Å²) < 4.78 is 13.4. The van der Waals surface area contributed by atoms with Crippen LogP contribution >= 0.6 is 0 Å². The van der Waals surface area contributed by atoms with Gasteiger partial charge in [-0.3, -0.25) is 29.2 Å². The van der Waals surface area contributed by atoms with Gasteiger partial charge >= 0.3 is 0 Å². The van der Waals surface area contributed by atoms with Crippen molar-refractivity contribution in [2.24, 2.45) is 23.2 Å². The number of likely N-dealkylation sites (N-methyl/N-ethyl adjacent to an activating group) is 1. The van der Waals surface area contributed by atoms with Gasteiger partial charge < -0.3 is 29.6 Å². The van der Waals surface area contributed by atoms with Crippen molar-refractivity contribution in [2.75, 3.05) is 46.9 Å². The number of aryl methyl sites for hydroxylation is 2. The maximum absolute atomic E-state index is 14.1. The van der Waals surface area contributed by atoms with Gasteiger partial charge in [0.15, 0.2) is 0 Å². The van der Waals surface area contributed by atoms with Gasteiger partial charge in [-0.1, -0.05) is 57.5 Å². The Morgan fingerprint density at radius 2 is 1.81 bits per heavy atom. The van der Waals surface area contributed by atoms with Crippen LogP contribution < -0.4 is 16.1 Å². The van der Waals surface area contributed by atoms with E-state index < -0.39 is 12.1 Å². The highest BCUT2D eigenvalue weighted by Gasteiger charge is 2.40. The van der Waals surface area contributed by atoms with Crippen LogP contribution in [0, 0.1) is 30.1 Å². The molecule has 0 radical (unpaired) electrons. The Hall–Kier alpha value is -5.11. The molecule has 4 aromatic rings. The zero-order chi connectivity index (χ0) is 45.4. The molecule has 5 unspecified atom stereocenters. The second kappa shape index (κ2) is 21.0. The molecule has 2 aromatic heterocycles. The molecule has 7 rings (SSSR count). The van der Waals surface area contributed by atoms with Gasteiger partial charge in [0.2, 0.25) is 12.3 Å². The summed E-state index contributed by atoms with van der Waals surface area (Å²) >= 11 is 0. The molecular weight excluding hydrogens is 795 g/mol. The van der Waals surface area contributed by atoms with Crippen LogP contribution in [0.15, 0.2) is 54.7 Å². The molecule has 3 aliphatic rings. The third-order valence-electron chi connectivity index (χ3n) is 12.8. The molecule has 13 heteroatoms. The van der Waals surface area contributed by atoms with Crippen LogP contribution in [0.5, 0.6) is 0 Å². The van der Waals surface area contributed by atoms with Crippen LogP contribution in [-0.2, 0) is 48.0 Å². The van der Waals surface area contributed by atoms with E-state index in [4.69, 9.17) is 14.5 Å². The zero-order valence-electron chi connectivity index (χ0n) is 38.8. The van der Waals surface area contributed by atoms with Crippen molar-refractivity contribution in [2.45, 2.75) is 105 Å². The number of nitrogens with one attached hydrogen (secondary N) is 3. The van der Waals surface area contributed by atoms with Crippen LogP contribution in [0.3, 0.4) is 0 Å². The highest BCUT2D eigenvalue weighted by Crippen LogP contribution is 2.42. The van der Waals surface area contributed by atoms with Crippen LogP contribution in [0.25, 0.3) is 33.3 Å². The van der Waals surface area contributed by atoms with Gasteiger partial charge in [0.25, 0.3) is 12.4 Å². The molecule has 63 heavy (non-hydrogen) atoms. The van der Waals surface area contributed by atoms with E-state index in [1.54, 1.807) is 25.4 Å². The number of benzene rings is 2. The number of carbonyl (C=O) groups excluding carboxylic acids is 4. The quantitative estimate of drug-likeness (QED) is 0.0938. The fraction of sp³-hybridized carbons (Fsp3) is 0.540. The number of hydrogen-bond acceptors (Lipinski definition) is 9. The molecule has 0 bridgehead atoms. The number of hydrogen-bond donors (Lipinski definition) is 3. The standard InChI is InChI=1S/C45H60N6O6.C5H9N/c1-10-50-39-16-15-33(24-36(39)37(25-45(6,7)26-57-28-53)42(50)35-14-13-17-46-40(35)31(5)56-9)34-21-30(4)20-32(22-34)23-38(44(55)51-19-12-11-18-47-51)48-43(54)41(29(2)3)49(8)27-52;1-4-2-6-3-5(1)4/h13-17,20-22,24,27-29,31,38,41,47H,10-12,18-19,23,25-26H2,1-9H3,(H,48,54);4-6H,1-3H2. The highest BCUT2D eigenvalue weighted by molar-refractivity contribution is 5.95. The van der Waals surface area contributed by atoms with Gasteiger partial charge in [-0.05, 0) is 124 Å². The molecule has 1 aliphatic carbocycles. The number of piperidine rings is 1. The van der Waals surface area contributed by atoms with E-state index in [0.717, 1.165) is 80.3 Å². The van der Waals surface area contributed by atoms with E-state index >= 15 is 0 Å². The first-order valence-corrected chi connectivity index (χ1v) is 22.7. The van der Waals surface area contributed by atoms with Crippen molar-refractivity contribution in [3.63, 3.8) is 0 Å². The third kappa shape index (κ3) is 11.3. The van der Waals surface area contributed by atoms with Crippen LogP contribution in [-0.4, -0.2) is 103 Å². The number of carbonyl (C=O) groups is 4. The summed E-state index contributed by atoms with van der Waals surface area (Å²) in [6.07, 6.45) is 6.46. The lowest BCUT2D eigenvalue weighted by Crippen LogP contribution is -2.58. The monoisotopic (exact) mass is 864 g/mol. The molecule has 5 atom stereocenters. The lowest BCUT2D eigenvalue weighted by molar-refractivity contribution is -0.142. The highest BCUT2D eigenvalue weighted by atomic mass is 16.5. The first-order valence-electron chi connectivity index (χ1n) is 22.7. The largest absolute Gasteiger partial charge is 0.467 e. The van der Waals surface area contributed by atoms with Crippen molar-refractivity contribution in [3.8, 4) is 22.4 Å².